The van der Waals surface area contributed by atoms with Crippen LogP contribution in [0.2, 0.25) is 0 Å². The van der Waals surface area contributed by atoms with Gasteiger partial charge >= 0.3 is 10.3 Å². The van der Waals surface area contributed by atoms with Gasteiger partial charge in [0, 0.05) is 0 Å². The number of aromatic nitrogens is 2. The molecule has 0 aliphatic rings. The lowest BCUT2D eigenvalue weighted by atomic mass is 10.0. The predicted octanol–water partition coefficient (Wildman–Crippen LogP) is 7.02. The van der Waals surface area contributed by atoms with E-state index >= 15 is 0 Å². The van der Waals surface area contributed by atoms with E-state index in [0.717, 1.165) is 23.2 Å². The largest absolute Gasteiger partial charge is 0.367 e. The Morgan fingerprint density at radius 2 is 1.27 bits per heavy atom. The minimum atomic E-state index is -3.81. The monoisotopic (exact) mass is 436 g/mol. The van der Waals surface area contributed by atoms with Crippen molar-refractivity contribution in [3.05, 3.63) is 30.6 Å². The van der Waals surface area contributed by atoms with Crippen molar-refractivity contribution < 1.29 is 12.6 Å². The minimum Gasteiger partial charge on any atom is -0.253 e. The van der Waals surface area contributed by atoms with Crippen LogP contribution >= 0.6 is 0 Å². The van der Waals surface area contributed by atoms with Gasteiger partial charge in [-0.25, -0.2) is 8.96 Å². The van der Waals surface area contributed by atoms with Crippen molar-refractivity contribution in [2.75, 3.05) is 6.61 Å². The molecule has 5 nitrogen and oxygen atoms in total. The van der Waals surface area contributed by atoms with Gasteiger partial charge in [-0.3, -0.25) is 4.18 Å². The van der Waals surface area contributed by atoms with E-state index < -0.39 is 10.3 Å². The SMILES string of the molecule is CCCCCCCCCCCCCCCCCOS(=O)(=O)n1cnc2ccccc21. The number of hydrogen-bond donors (Lipinski definition) is 0. The number of fused-ring (bicyclic) bond motifs is 1. The smallest absolute Gasteiger partial charge is 0.253 e. The summed E-state index contributed by atoms with van der Waals surface area (Å²) in [6.45, 7) is 2.50. The highest BCUT2D eigenvalue weighted by Gasteiger charge is 2.16. The van der Waals surface area contributed by atoms with Gasteiger partial charge in [0.05, 0.1) is 17.6 Å². The van der Waals surface area contributed by atoms with Gasteiger partial charge in [0.15, 0.2) is 0 Å². The number of para-hydroxylation sites is 2. The van der Waals surface area contributed by atoms with Gasteiger partial charge in [0.1, 0.15) is 6.33 Å². The minimum absolute atomic E-state index is 0.229. The van der Waals surface area contributed by atoms with Gasteiger partial charge in [-0.2, -0.15) is 8.42 Å². The third kappa shape index (κ3) is 9.17. The molecule has 1 aromatic carbocycles. The molecule has 2 rings (SSSR count). The summed E-state index contributed by atoms with van der Waals surface area (Å²) in [4.78, 5) is 4.11. The van der Waals surface area contributed by atoms with Crippen LogP contribution in [0.15, 0.2) is 30.6 Å². The Morgan fingerprint density at radius 1 is 0.767 bits per heavy atom. The molecule has 0 aliphatic heterocycles. The Kier molecular flexibility index (Phi) is 12.1. The Labute approximate surface area is 183 Å². The molecule has 0 saturated carbocycles. The van der Waals surface area contributed by atoms with E-state index in [1.165, 1.54) is 83.4 Å². The topological polar surface area (TPSA) is 61.2 Å². The second-order valence-electron chi connectivity index (χ2n) is 8.26. The summed E-state index contributed by atoms with van der Waals surface area (Å²) in [5.74, 6) is 0. The fraction of sp³-hybridized carbons (Fsp3) is 0.708. The van der Waals surface area contributed by atoms with Crippen molar-refractivity contribution in [3.8, 4) is 0 Å². The Morgan fingerprint density at radius 3 is 1.83 bits per heavy atom. The molecule has 0 aliphatic carbocycles. The summed E-state index contributed by atoms with van der Waals surface area (Å²) in [6, 6.07) is 7.15. The maximum absolute atomic E-state index is 12.4. The average molecular weight is 437 g/mol. The molecule has 30 heavy (non-hydrogen) atoms. The van der Waals surface area contributed by atoms with Crippen molar-refractivity contribution in [3.63, 3.8) is 0 Å². The molecule has 0 N–H and O–H groups in total. The standard InChI is InChI=1S/C24H40N2O3S/c1-2-3-4-5-6-7-8-9-10-11-12-13-14-15-18-21-29-30(27,28)26-22-25-23-19-16-17-20-24(23)26/h16-17,19-20,22H,2-15,18,21H2,1H3. The zero-order valence-electron chi connectivity index (χ0n) is 18.7. The van der Waals surface area contributed by atoms with Gasteiger partial charge in [-0.1, -0.05) is 109 Å². The van der Waals surface area contributed by atoms with Crippen LogP contribution in [-0.4, -0.2) is 24.0 Å². The second kappa shape index (κ2) is 14.6. The van der Waals surface area contributed by atoms with Crippen molar-refractivity contribution in [1.82, 2.24) is 8.96 Å². The molecule has 0 amide bonds. The highest BCUT2D eigenvalue weighted by atomic mass is 32.2. The summed E-state index contributed by atoms with van der Waals surface area (Å²) < 4.78 is 31.0. The maximum Gasteiger partial charge on any atom is 0.367 e. The van der Waals surface area contributed by atoms with E-state index in [1.807, 2.05) is 6.07 Å². The number of imidazole rings is 1. The average Bonchev–Trinajstić information content (AvgIpc) is 3.18. The van der Waals surface area contributed by atoms with E-state index in [1.54, 1.807) is 18.2 Å². The molecule has 0 saturated heterocycles. The molecule has 0 bridgehead atoms. The lowest BCUT2D eigenvalue weighted by Crippen LogP contribution is -2.15. The van der Waals surface area contributed by atoms with Gasteiger partial charge in [-0.05, 0) is 18.6 Å². The fourth-order valence-electron chi connectivity index (χ4n) is 3.81. The Bertz CT molecular complexity index is 802. The van der Waals surface area contributed by atoms with Crippen molar-refractivity contribution in [2.24, 2.45) is 0 Å². The summed E-state index contributed by atoms with van der Waals surface area (Å²) >= 11 is 0. The van der Waals surface area contributed by atoms with E-state index in [9.17, 15) is 8.42 Å². The number of unbranched alkanes of at least 4 members (excludes halogenated alkanes) is 14. The summed E-state index contributed by atoms with van der Waals surface area (Å²) in [7, 11) is -3.81. The molecule has 0 spiro atoms. The van der Waals surface area contributed by atoms with Crippen molar-refractivity contribution >= 4 is 21.3 Å². The van der Waals surface area contributed by atoms with E-state index in [0.29, 0.717) is 11.0 Å². The molecule has 2 aromatic rings. The molecule has 0 radical (unpaired) electrons. The quantitative estimate of drug-likeness (QED) is 0.236. The van der Waals surface area contributed by atoms with Crippen LogP contribution in [0.1, 0.15) is 103 Å². The summed E-state index contributed by atoms with van der Waals surface area (Å²) in [5.41, 5.74) is 1.20. The van der Waals surface area contributed by atoms with Gasteiger partial charge < -0.3 is 0 Å². The van der Waals surface area contributed by atoms with Crippen LogP contribution in [0, 0.1) is 0 Å². The highest BCUT2D eigenvalue weighted by Crippen LogP contribution is 2.16. The van der Waals surface area contributed by atoms with Crippen LogP contribution < -0.4 is 0 Å². The number of nitrogens with zero attached hydrogens (tertiary/aromatic N) is 2. The molecule has 0 atom stereocenters. The molecule has 1 aromatic heterocycles. The first kappa shape index (κ1) is 24.9. The third-order valence-corrected chi connectivity index (χ3v) is 6.88. The molecular formula is C24H40N2O3S. The third-order valence-electron chi connectivity index (χ3n) is 5.64. The fourth-order valence-corrected chi connectivity index (χ4v) is 4.81. The summed E-state index contributed by atoms with van der Waals surface area (Å²) in [6.07, 6.45) is 20.6. The molecule has 0 unspecified atom stereocenters. The zero-order valence-corrected chi connectivity index (χ0v) is 19.5. The van der Waals surface area contributed by atoms with Crippen molar-refractivity contribution in [2.45, 2.75) is 103 Å². The first-order valence-corrected chi connectivity index (χ1v) is 13.3. The number of hydrogen-bond acceptors (Lipinski definition) is 4. The van der Waals surface area contributed by atoms with E-state index in [2.05, 4.69) is 11.9 Å². The van der Waals surface area contributed by atoms with Gasteiger partial charge in [-0.15, -0.1) is 0 Å². The highest BCUT2D eigenvalue weighted by molar-refractivity contribution is 7.85. The van der Waals surface area contributed by atoms with Crippen molar-refractivity contribution in [1.29, 1.82) is 0 Å². The number of rotatable bonds is 18. The molecule has 6 heteroatoms. The van der Waals surface area contributed by atoms with Gasteiger partial charge in [0.25, 0.3) is 0 Å². The van der Waals surface area contributed by atoms with Crippen LogP contribution in [-0.2, 0) is 14.5 Å². The van der Waals surface area contributed by atoms with Crippen LogP contribution in [0.4, 0.5) is 0 Å². The second-order valence-corrected chi connectivity index (χ2v) is 9.74. The first-order chi connectivity index (χ1) is 14.6. The summed E-state index contributed by atoms with van der Waals surface area (Å²) in [5, 5.41) is 0. The molecular weight excluding hydrogens is 396 g/mol. The van der Waals surface area contributed by atoms with E-state index in [4.69, 9.17) is 4.18 Å². The normalized spacial score (nSPS) is 12.0. The van der Waals surface area contributed by atoms with Gasteiger partial charge in [0.2, 0.25) is 0 Å². The Hall–Kier alpha value is -1.40. The van der Waals surface area contributed by atoms with Crippen LogP contribution in [0.5, 0.6) is 0 Å². The first-order valence-electron chi connectivity index (χ1n) is 12.0. The molecule has 1 heterocycles. The van der Waals surface area contributed by atoms with E-state index in [-0.39, 0.29) is 6.61 Å². The number of benzene rings is 1. The Balaban J connectivity index is 1.43. The zero-order chi connectivity index (χ0) is 21.5. The van der Waals surface area contributed by atoms with Crippen LogP contribution in [0.3, 0.4) is 0 Å². The lowest BCUT2D eigenvalue weighted by molar-refractivity contribution is 0.302. The van der Waals surface area contributed by atoms with Crippen LogP contribution in [0.25, 0.3) is 11.0 Å². The predicted molar refractivity (Wildman–Crippen MR) is 125 cm³/mol. The molecule has 0 fully saturated rings. The maximum atomic E-state index is 12.4. The molecule has 170 valence electrons. The lowest BCUT2D eigenvalue weighted by Gasteiger charge is -2.07.